The topological polar surface area (TPSA) is 69.7 Å². The Morgan fingerprint density at radius 2 is 1.91 bits per heavy atom. The molecule has 0 saturated carbocycles. The molecule has 1 amide bonds. The molecule has 0 spiro atoms. The van der Waals surface area contributed by atoms with Gasteiger partial charge in [0.15, 0.2) is 0 Å². The Bertz CT molecular complexity index is 680. The molecular weight excluding hydrogens is 314 g/mol. The van der Waals surface area contributed by atoms with Crippen LogP contribution in [-0.2, 0) is 10.0 Å². The van der Waals surface area contributed by atoms with Crippen LogP contribution < -0.4 is 9.62 Å². The lowest BCUT2D eigenvalue weighted by Crippen LogP contribution is -2.43. The zero-order valence-electron chi connectivity index (χ0n) is 14.2. The smallest absolute Gasteiger partial charge is 0.251 e. The van der Waals surface area contributed by atoms with Crippen molar-refractivity contribution in [3.05, 3.63) is 29.3 Å². The number of piperidine rings is 1. The number of nitrogens with one attached hydrogen (secondary N) is 1. The summed E-state index contributed by atoms with van der Waals surface area (Å²) in [4.78, 5) is 14.6. The molecular formula is C16H25N3O3S. The van der Waals surface area contributed by atoms with Gasteiger partial charge in [-0.2, -0.15) is 0 Å². The second kappa shape index (κ2) is 6.88. The third-order valence-corrected chi connectivity index (χ3v) is 5.54. The lowest BCUT2D eigenvalue weighted by molar-refractivity contribution is 0.0917. The van der Waals surface area contributed by atoms with E-state index >= 15 is 0 Å². The van der Waals surface area contributed by atoms with Gasteiger partial charge in [-0.15, -0.1) is 0 Å². The van der Waals surface area contributed by atoms with Crippen LogP contribution in [0.3, 0.4) is 0 Å². The Morgan fingerprint density at radius 1 is 1.30 bits per heavy atom. The van der Waals surface area contributed by atoms with Crippen molar-refractivity contribution in [3.8, 4) is 0 Å². The molecule has 0 aromatic heterocycles. The molecule has 0 aliphatic carbocycles. The minimum absolute atomic E-state index is 0.101. The summed E-state index contributed by atoms with van der Waals surface area (Å²) < 4.78 is 24.5. The quantitative estimate of drug-likeness (QED) is 0.895. The average molecular weight is 339 g/mol. The van der Waals surface area contributed by atoms with Crippen molar-refractivity contribution in [1.82, 2.24) is 10.2 Å². The molecule has 128 valence electrons. The zero-order chi connectivity index (χ0) is 17.2. The first-order chi connectivity index (χ1) is 10.7. The number of sulfonamides is 1. The molecule has 6 nitrogen and oxygen atoms in total. The van der Waals surface area contributed by atoms with Gasteiger partial charge in [-0.25, -0.2) is 8.42 Å². The normalized spacial score (nSPS) is 17.0. The SMILES string of the molecule is Cc1cc(C(=O)NC2CCN(C)CC2)ccc1N(C)S(C)(=O)=O. The van der Waals surface area contributed by atoms with E-state index in [1.165, 1.54) is 11.4 Å². The first-order valence-electron chi connectivity index (χ1n) is 7.72. The van der Waals surface area contributed by atoms with Crippen LogP contribution in [0.5, 0.6) is 0 Å². The van der Waals surface area contributed by atoms with Gasteiger partial charge in [-0.05, 0) is 63.7 Å². The predicted molar refractivity (Wildman–Crippen MR) is 92.4 cm³/mol. The molecule has 0 bridgehead atoms. The monoisotopic (exact) mass is 339 g/mol. The van der Waals surface area contributed by atoms with Gasteiger partial charge >= 0.3 is 0 Å². The average Bonchev–Trinajstić information content (AvgIpc) is 2.48. The first kappa shape index (κ1) is 17.7. The molecule has 1 aliphatic rings. The van der Waals surface area contributed by atoms with Crippen molar-refractivity contribution in [2.45, 2.75) is 25.8 Å². The van der Waals surface area contributed by atoms with Crippen LogP contribution in [0.4, 0.5) is 5.69 Å². The van der Waals surface area contributed by atoms with E-state index in [-0.39, 0.29) is 11.9 Å². The van der Waals surface area contributed by atoms with Gasteiger partial charge in [0.2, 0.25) is 10.0 Å². The second-order valence-corrected chi connectivity index (χ2v) is 8.30. The van der Waals surface area contributed by atoms with Gasteiger partial charge in [0.05, 0.1) is 11.9 Å². The summed E-state index contributed by atoms with van der Waals surface area (Å²) in [6.45, 7) is 3.79. The maximum absolute atomic E-state index is 12.4. The molecule has 23 heavy (non-hydrogen) atoms. The summed E-state index contributed by atoms with van der Waals surface area (Å²) in [5.74, 6) is -0.101. The maximum Gasteiger partial charge on any atom is 0.251 e. The molecule has 1 aromatic rings. The molecule has 0 radical (unpaired) electrons. The highest BCUT2D eigenvalue weighted by Gasteiger charge is 2.20. The standard InChI is InChI=1S/C16H25N3O3S/c1-12-11-13(5-6-15(12)19(3)23(4,21)22)16(20)17-14-7-9-18(2)10-8-14/h5-6,11,14H,7-10H2,1-4H3,(H,17,20). The highest BCUT2D eigenvalue weighted by atomic mass is 32.2. The Balaban J connectivity index is 2.09. The molecule has 7 heteroatoms. The summed E-state index contributed by atoms with van der Waals surface area (Å²) >= 11 is 0. The number of carbonyl (C=O) groups is 1. The van der Waals surface area contributed by atoms with Crippen LogP contribution in [-0.4, -0.2) is 58.7 Å². The van der Waals surface area contributed by atoms with Gasteiger partial charge in [-0.3, -0.25) is 9.10 Å². The molecule has 1 fully saturated rings. The van der Waals surface area contributed by atoms with Crippen molar-refractivity contribution < 1.29 is 13.2 Å². The van der Waals surface area contributed by atoms with E-state index < -0.39 is 10.0 Å². The van der Waals surface area contributed by atoms with E-state index in [1.54, 1.807) is 18.2 Å². The molecule has 1 heterocycles. The Hall–Kier alpha value is -1.60. The van der Waals surface area contributed by atoms with E-state index in [1.807, 2.05) is 6.92 Å². The van der Waals surface area contributed by atoms with Crippen LogP contribution in [0.15, 0.2) is 18.2 Å². The van der Waals surface area contributed by atoms with Crippen molar-refractivity contribution in [2.75, 3.05) is 37.7 Å². The number of anilines is 1. The number of hydrogen-bond donors (Lipinski definition) is 1. The third kappa shape index (κ3) is 4.45. The number of amides is 1. The van der Waals surface area contributed by atoms with Crippen LogP contribution in [0.1, 0.15) is 28.8 Å². The Labute approximate surface area is 138 Å². The minimum Gasteiger partial charge on any atom is -0.349 e. The highest BCUT2D eigenvalue weighted by molar-refractivity contribution is 7.92. The van der Waals surface area contributed by atoms with Gasteiger partial charge in [0, 0.05) is 18.7 Å². The van der Waals surface area contributed by atoms with E-state index in [4.69, 9.17) is 0 Å². The number of nitrogens with zero attached hydrogens (tertiary/aromatic N) is 2. The highest BCUT2D eigenvalue weighted by Crippen LogP contribution is 2.22. The van der Waals surface area contributed by atoms with Gasteiger partial charge in [0.1, 0.15) is 0 Å². The lowest BCUT2D eigenvalue weighted by Gasteiger charge is -2.29. The summed E-state index contributed by atoms with van der Waals surface area (Å²) in [6, 6.07) is 5.30. The molecule has 1 aliphatic heterocycles. The first-order valence-corrected chi connectivity index (χ1v) is 9.57. The van der Waals surface area contributed by atoms with Crippen molar-refractivity contribution in [2.24, 2.45) is 0 Å². The number of likely N-dealkylation sites (tertiary alicyclic amines) is 1. The summed E-state index contributed by atoms with van der Waals surface area (Å²) in [5.41, 5.74) is 1.91. The van der Waals surface area contributed by atoms with Crippen LogP contribution in [0.25, 0.3) is 0 Å². The molecule has 0 atom stereocenters. The summed E-state index contributed by atoms with van der Waals surface area (Å²) in [5, 5.41) is 3.06. The fourth-order valence-electron chi connectivity index (χ4n) is 2.75. The molecule has 1 saturated heterocycles. The number of rotatable bonds is 4. The van der Waals surface area contributed by atoms with E-state index in [0.717, 1.165) is 37.8 Å². The molecule has 2 rings (SSSR count). The fraction of sp³-hybridized carbons (Fsp3) is 0.562. The predicted octanol–water partition coefficient (Wildman–Crippen LogP) is 1.21. The number of aryl methyl sites for hydroxylation is 1. The lowest BCUT2D eigenvalue weighted by atomic mass is 10.0. The van der Waals surface area contributed by atoms with Gasteiger partial charge in [0.25, 0.3) is 5.91 Å². The van der Waals surface area contributed by atoms with Crippen LogP contribution >= 0.6 is 0 Å². The second-order valence-electron chi connectivity index (χ2n) is 6.28. The Morgan fingerprint density at radius 3 is 2.43 bits per heavy atom. The molecule has 1 N–H and O–H groups in total. The van der Waals surface area contributed by atoms with E-state index in [9.17, 15) is 13.2 Å². The minimum atomic E-state index is -3.31. The molecule has 1 aromatic carbocycles. The molecule has 0 unspecified atom stereocenters. The summed E-state index contributed by atoms with van der Waals surface area (Å²) in [6.07, 6.45) is 3.07. The fourth-order valence-corrected chi connectivity index (χ4v) is 3.31. The maximum atomic E-state index is 12.4. The Kier molecular flexibility index (Phi) is 5.31. The number of carbonyl (C=O) groups excluding carboxylic acids is 1. The summed E-state index contributed by atoms with van der Waals surface area (Å²) in [7, 11) is 0.280. The van der Waals surface area contributed by atoms with Gasteiger partial charge in [-0.1, -0.05) is 0 Å². The van der Waals surface area contributed by atoms with E-state index in [0.29, 0.717) is 11.3 Å². The number of hydrogen-bond acceptors (Lipinski definition) is 4. The van der Waals surface area contributed by atoms with Crippen LogP contribution in [0, 0.1) is 6.92 Å². The van der Waals surface area contributed by atoms with Crippen molar-refractivity contribution >= 4 is 21.6 Å². The van der Waals surface area contributed by atoms with Crippen LogP contribution in [0.2, 0.25) is 0 Å². The van der Waals surface area contributed by atoms with E-state index in [2.05, 4.69) is 17.3 Å². The van der Waals surface area contributed by atoms with Gasteiger partial charge < -0.3 is 10.2 Å². The largest absolute Gasteiger partial charge is 0.349 e. The van der Waals surface area contributed by atoms with Crippen molar-refractivity contribution in [1.29, 1.82) is 0 Å². The van der Waals surface area contributed by atoms with Crippen molar-refractivity contribution in [3.63, 3.8) is 0 Å². The number of benzene rings is 1. The zero-order valence-corrected chi connectivity index (χ0v) is 15.0. The third-order valence-electron chi connectivity index (χ3n) is 4.35.